The molecule has 0 aromatic heterocycles. The number of amides is 2. The molecule has 1 aliphatic rings. The van der Waals surface area contributed by atoms with Crippen LogP contribution in [0.15, 0.2) is 0 Å². The van der Waals surface area contributed by atoms with Crippen molar-refractivity contribution in [1.82, 2.24) is 10.2 Å². The fourth-order valence-electron chi connectivity index (χ4n) is 1.42. The van der Waals surface area contributed by atoms with E-state index in [1.54, 1.807) is 18.7 Å². The number of carboxylic acids is 1. The Balaban J connectivity index is 2.63. The summed E-state index contributed by atoms with van der Waals surface area (Å²) in [5.74, 6) is -2.27. The lowest BCUT2D eigenvalue weighted by Gasteiger charge is -2.32. The Morgan fingerprint density at radius 3 is 2.80 bits per heavy atom. The molecular formula is C9H14N2O4. The predicted molar refractivity (Wildman–Crippen MR) is 51.0 cm³/mol. The van der Waals surface area contributed by atoms with Crippen LogP contribution in [0.1, 0.15) is 13.8 Å². The van der Waals surface area contributed by atoms with Crippen LogP contribution in [0.25, 0.3) is 0 Å². The number of aliphatic carboxylic acids is 1. The van der Waals surface area contributed by atoms with Crippen LogP contribution in [0.3, 0.4) is 0 Å². The van der Waals surface area contributed by atoms with E-state index in [-0.39, 0.29) is 24.9 Å². The molecule has 2 N–H and O–H groups in total. The monoisotopic (exact) mass is 214 g/mol. The van der Waals surface area contributed by atoms with Crippen molar-refractivity contribution in [3.05, 3.63) is 0 Å². The van der Waals surface area contributed by atoms with Crippen molar-refractivity contribution < 1.29 is 19.5 Å². The van der Waals surface area contributed by atoms with E-state index in [4.69, 9.17) is 5.11 Å². The standard InChI is InChI=1S/C9H14N2O4/c1-5(9(14)15)3-11-4-7(12)10-8(13)6(11)2/h5-6H,3-4H2,1-2H3,(H,14,15)(H,10,12,13). The molecule has 0 aromatic rings. The number of rotatable bonds is 3. The second kappa shape index (κ2) is 4.39. The molecule has 0 bridgehead atoms. The first-order valence-corrected chi connectivity index (χ1v) is 4.72. The highest BCUT2D eigenvalue weighted by molar-refractivity contribution is 6.00. The number of nitrogens with zero attached hydrogens (tertiary/aromatic N) is 1. The molecule has 1 heterocycles. The Morgan fingerprint density at radius 1 is 1.67 bits per heavy atom. The molecule has 2 unspecified atom stereocenters. The predicted octanol–water partition coefficient (Wildman–Crippen LogP) is -0.946. The molecule has 0 radical (unpaired) electrons. The van der Waals surface area contributed by atoms with Crippen LogP contribution in [-0.2, 0) is 14.4 Å². The molecule has 1 rings (SSSR count). The summed E-state index contributed by atoms with van der Waals surface area (Å²) in [6.45, 7) is 3.47. The van der Waals surface area contributed by atoms with E-state index >= 15 is 0 Å². The zero-order valence-electron chi connectivity index (χ0n) is 8.69. The normalized spacial score (nSPS) is 24.8. The summed E-state index contributed by atoms with van der Waals surface area (Å²) in [4.78, 5) is 34.5. The molecule has 15 heavy (non-hydrogen) atoms. The maximum atomic E-state index is 11.2. The Hall–Kier alpha value is -1.43. The van der Waals surface area contributed by atoms with Crippen molar-refractivity contribution in [2.75, 3.05) is 13.1 Å². The van der Waals surface area contributed by atoms with Gasteiger partial charge in [-0.25, -0.2) is 0 Å². The van der Waals surface area contributed by atoms with E-state index < -0.39 is 17.9 Å². The molecular weight excluding hydrogens is 200 g/mol. The van der Waals surface area contributed by atoms with E-state index in [0.717, 1.165) is 0 Å². The lowest BCUT2D eigenvalue weighted by Crippen LogP contribution is -2.57. The smallest absolute Gasteiger partial charge is 0.307 e. The second-order valence-corrected chi connectivity index (χ2v) is 3.76. The van der Waals surface area contributed by atoms with Crippen LogP contribution >= 0.6 is 0 Å². The van der Waals surface area contributed by atoms with Crippen LogP contribution < -0.4 is 5.32 Å². The van der Waals surface area contributed by atoms with Crippen LogP contribution in [0.5, 0.6) is 0 Å². The highest BCUT2D eigenvalue weighted by Crippen LogP contribution is 2.08. The van der Waals surface area contributed by atoms with Crippen molar-refractivity contribution in [2.24, 2.45) is 5.92 Å². The van der Waals surface area contributed by atoms with Crippen molar-refractivity contribution in [3.8, 4) is 0 Å². The Morgan fingerprint density at radius 2 is 2.27 bits per heavy atom. The zero-order valence-corrected chi connectivity index (χ0v) is 8.69. The molecule has 0 aliphatic carbocycles. The number of hydrogen-bond acceptors (Lipinski definition) is 4. The molecule has 1 fully saturated rings. The molecule has 6 heteroatoms. The second-order valence-electron chi connectivity index (χ2n) is 3.76. The lowest BCUT2D eigenvalue weighted by atomic mass is 10.1. The van der Waals surface area contributed by atoms with Gasteiger partial charge in [-0.15, -0.1) is 0 Å². The van der Waals surface area contributed by atoms with Gasteiger partial charge in [-0.3, -0.25) is 24.6 Å². The average Bonchev–Trinajstić information content (AvgIpc) is 2.13. The Kier molecular flexibility index (Phi) is 3.41. The summed E-state index contributed by atoms with van der Waals surface area (Å²) in [7, 11) is 0. The van der Waals surface area contributed by atoms with Crippen molar-refractivity contribution in [3.63, 3.8) is 0 Å². The molecule has 6 nitrogen and oxygen atoms in total. The topological polar surface area (TPSA) is 86.7 Å². The Labute approximate surface area is 87.2 Å². The van der Waals surface area contributed by atoms with Gasteiger partial charge < -0.3 is 5.11 Å². The molecule has 84 valence electrons. The van der Waals surface area contributed by atoms with E-state index in [1.165, 1.54) is 0 Å². The first kappa shape index (κ1) is 11.6. The Bertz CT molecular complexity index is 302. The van der Waals surface area contributed by atoms with Gasteiger partial charge in [0, 0.05) is 6.54 Å². The van der Waals surface area contributed by atoms with E-state index in [1.807, 2.05) is 0 Å². The number of carboxylic acid groups (broad SMARTS) is 1. The van der Waals surface area contributed by atoms with E-state index in [2.05, 4.69) is 5.32 Å². The van der Waals surface area contributed by atoms with Crippen LogP contribution in [0.4, 0.5) is 0 Å². The third-order valence-electron chi connectivity index (χ3n) is 2.47. The largest absolute Gasteiger partial charge is 0.481 e. The number of imide groups is 1. The molecule has 1 aliphatic heterocycles. The van der Waals surface area contributed by atoms with Gasteiger partial charge in [0.1, 0.15) is 0 Å². The van der Waals surface area contributed by atoms with Gasteiger partial charge in [0.15, 0.2) is 0 Å². The van der Waals surface area contributed by atoms with Crippen molar-refractivity contribution in [1.29, 1.82) is 0 Å². The maximum Gasteiger partial charge on any atom is 0.307 e. The van der Waals surface area contributed by atoms with Gasteiger partial charge in [0.2, 0.25) is 11.8 Å². The first-order chi connectivity index (χ1) is 6.91. The molecule has 0 aromatic carbocycles. The molecule has 1 saturated heterocycles. The summed E-state index contributed by atoms with van der Waals surface area (Å²) in [5, 5.41) is 10.9. The average molecular weight is 214 g/mol. The minimum Gasteiger partial charge on any atom is -0.481 e. The van der Waals surface area contributed by atoms with Crippen LogP contribution in [0, 0.1) is 5.92 Å². The quantitative estimate of drug-likeness (QED) is 0.592. The highest BCUT2D eigenvalue weighted by atomic mass is 16.4. The molecule has 2 atom stereocenters. The zero-order chi connectivity index (χ0) is 11.6. The van der Waals surface area contributed by atoms with Crippen LogP contribution in [-0.4, -0.2) is 46.9 Å². The van der Waals surface area contributed by atoms with Gasteiger partial charge in [-0.2, -0.15) is 0 Å². The van der Waals surface area contributed by atoms with Gasteiger partial charge in [0.25, 0.3) is 0 Å². The van der Waals surface area contributed by atoms with Crippen LogP contribution in [0.2, 0.25) is 0 Å². The number of carbonyl (C=O) groups is 3. The lowest BCUT2D eigenvalue weighted by molar-refractivity contribution is -0.146. The van der Waals surface area contributed by atoms with Crippen molar-refractivity contribution >= 4 is 17.8 Å². The van der Waals surface area contributed by atoms with Gasteiger partial charge in [-0.05, 0) is 6.92 Å². The number of nitrogens with one attached hydrogen (secondary N) is 1. The molecule has 0 spiro atoms. The van der Waals surface area contributed by atoms with Gasteiger partial charge in [-0.1, -0.05) is 6.92 Å². The summed E-state index contributed by atoms with van der Waals surface area (Å²) in [6, 6.07) is -0.454. The summed E-state index contributed by atoms with van der Waals surface area (Å²) in [5.41, 5.74) is 0. The van der Waals surface area contributed by atoms with E-state index in [0.29, 0.717) is 0 Å². The van der Waals surface area contributed by atoms with Crippen molar-refractivity contribution in [2.45, 2.75) is 19.9 Å². The number of hydrogen-bond donors (Lipinski definition) is 2. The summed E-state index contributed by atoms with van der Waals surface area (Å²) >= 11 is 0. The minimum absolute atomic E-state index is 0.0739. The fourth-order valence-corrected chi connectivity index (χ4v) is 1.42. The fraction of sp³-hybridized carbons (Fsp3) is 0.667. The highest BCUT2D eigenvalue weighted by Gasteiger charge is 2.31. The SMILES string of the molecule is CC(CN1CC(=O)NC(=O)C1C)C(=O)O. The van der Waals surface area contributed by atoms with Gasteiger partial charge in [0.05, 0.1) is 18.5 Å². The summed E-state index contributed by atoms with van der Waals surface area (Å²) < 4.78 is 0. The number of piperazine rings is 1. The van der Waals surface area contributed by atoms with E-state index in [9.17, 15) is 14.4 Å². The first-order valence-electron chi connectivity index (χ1n) is 4.72. The van der Waals surface area contributed by atoms with Gasteiger partial charge >= 0.3 is 5.97 Å². The third-order valence-corrected chi connectivity index (χ3v) is 2.47. The third kappa shape index (κ3) is 2.76. The number of carbonyl (C=O) groups excluding carboxylic acids is 2. The molecule has 0 saturated carbocycles. The maximum absolute atomic E-state index is 11.2. The minimum atomic E-state index is -0.930. The molecule has 2 amide bonds. The summed E-state index contributed by atoms with van der Waals surface area (Å²) in [6.07, 6.45) is 0.